The van der Waals surface area contributed by atoms with Gasteiger partial charge in [-0.1, -0.05) is 0 Å². The van der Waals surface area contributed by atoms with E-state index in [1.165, 1.54) is 10.6 Å². The fourth-order valence-electron chi connectivity index (χ4n) is 2.01. The number of amides is 1. The van der Waals surface area contributed by atoms with Crippen molar-refractivity contribution in [2.45, 2.75) is 18.4 Å². The summed E-state index contributed by atoms with van der Waals surface area (Å²) in [5, 5.41) is 2.60. The molecule has 0 aromatic rings. The van der Waals surface area contributed by atoms with Gasteiger partial charge in [-0.25, -0.2) is 17.5 Å². The number of rotatable bonds is 1. The first kappa shape index (κ1) is 10.7. The number of hydrogen-bond acceptors (Lipinski definition) is 4. The molecule has 0 bridgehead atoms. The van der Waals surface area contributed by atoms with Gasteiger partial charge in [0, 0.05) is 25.9 Å². The molecule has 0 unspecified atom stereocenters. The maximum atomic E-state index is 11.3. The van der Waals surface area contributed by atoms with Crippen LogP contribution in [0.2, 0.25) is 0 Å². The van der Waals surface area contributed by atoms with Crippen molar-refractivity contribution >= 4 is 16.1 Å². The van der Waals surface area contributed by atoms with Gasteiger partial charge in [-0.15, -0.1) is 0 Å². The van der Waals surface area contributed by atoms with Crippen molar-refractivity contribution in [2.24, 2.45) is 0 Å². The molecular weight excluding hydrogens is 220 g/mol. The summed E-state index contributed by atoms with van der Waals surface area (Å²) in [7, 11) is -3.11. The van der Waals surface area contributed by atoms with E-state index in [2.05, 4.69) is 5.32 Å². The van der Waals surface area contributed by atoms with E-state index in [0.717, 1.165) is 0 Å². The SMILES string of the molecule is CS(=O)(=O)N1CCC2(CC1)CNC(=O)O2. The lowest BCUT2D eigenvalue weighted by Gasteiger charge is -2.35. The van der Waals surface area contributed by atoms with E-state index in [1.54, 1.807) is 0 Å². The highest BCUT2D eigenvalue weighted by molar-refractivity contribution is 7.88. The number of nitrogens with one attached hydrogen (secondary N) is 1. The molecule has 86 valence electrons. The first-order valence-corrected chi connectivity index (χ1v) is 6.68. The molecule has 1 N–H and O–H groups in total. The zero-order chi connectivity index (χ0) is 11.1. The lowest BCUT2D eigenvalue weighted by molar-refractivity contribution is 0.0174. The van der Waals surface area contributed by atoms with E-state index in [4.69, 9.17) is 4.74 Å². The smallest absolute Gasteiger partial charge is 0.407 e. The van der Waals surface area contributed by atoms with Gasteiger partial charge in [0.1, 0.15) is 5.60 Å². The second-order valence-corrected chi connectivity index (χ2v) is 6.07. The van der Waals surface area contributed by atoms with Crippen LogP contribution in [0, 0.1) is 0 Å². The van der Waals surface area contributed by atoms with Crippen molar-refractivity contribution in [3.8, 4) is 0 Å². The molecule has 2 rings (SSSR count). The van der Waals surface area contributed by atoms with Crippen LogP contribution in [0.5, 0.6) is 0 Å². The summed E-state index contributed by atoms with van der Waals surface area (Å²) in [5.74, 6) is 0. The summed E-state index contributed by atoms with van der Waals surface area (Å²) in [6, 6.07) is 0. The van der Waals surface area contributed by atoms with Crippen LogP contribution in [0.3, 0.4) is 0 Å². The Morgan fingerprint density at radius 2 is 2.00 bits per heavy atom. The number of sulfonamides is 1. The minimum atomic E-state index is -3.11. The summed E-state index contributed by atoms with van der Waals surface area (Å²) in [5.41, 5.74) is -0.474. The number of alkyl carbamates (subject to hydrolysis) is 1. The second kappa shape index (κ2) is 3.34. The number of piperidine rings is 1. The zero-order valence-electron chi connectivity index (χ0n) is 8.52. The van der Waals surface area contributed by atoms with Crippen LogP contribution in [0.1, 0.15) is 12.8 Å². The Hall–Kier alpha value is -0.820. The fourth-order valence-corrected chi connectivity index (χ4v) is 2.85. The summed E-state index contributed by atoms with van der Waals surface area (Å²) >= 11 is 0. The lowest BCUT2D eigenvalue weighted by Crippen LogP contribution is -2.48. The maximum absolute atomic E-state index is 11.3. The molecule has 0 aromatic heterocycles. The van der Waals surface area contributed by atoms with Gasteiger partial charge in [-0.05, 0) is 0 Å². The Kier molecular flexibility index (Phi) is 2.38. The zero-order valence-corrected chi connectivity index (χ0v) is 9.34. The Morgan fingerprint density at radius 3 is 2.40 bits per heavy atom. The number of nitrogens with zero attached hydrogens (tertiary/aromatic N) is 1. The maximum Gasteiger partial charge on any atom is 0.407 e. The van der Waals surface area contributed by atoms with Crippen LogP contribution in [0.4, 0.5) is 4.79 Å². The monoisotopic (exact) mass is 234 g/mol. The molecule has 0 aromatic carbocycles. The number of ether oxygens (including phenoxy) is 1. The summed E-state index contributed by atoms with van der Waals surface area (Å²) in [6.07, 6.45) is 1.93. The van der Waals surface area contributed by atoms with E-state index in [1.807, 2.05) is 0 Å². The molecule has 1 spiro atoms. The summed E-state index contributed by atoms with van der Waals surface area (Å²) in [4.78, 5) is 10.9. The molecule has 0 atom stereocenters. The third kappa shape index (κ3) is 2.07. The minimum absolute atomic E-state index is 0.400. The third-order valence-corrected chi connectivity index (χ3v) is 4.27. The van der Waals surface area contributed by atoms with Gasteiger partial charge in [-0.3, -0.25) is 0 Å². The van der Waals surface area contributed by atoms with Crippen molar-refractivity contribution in [2.75, 3.05) is 25.9 Å². The third-order valence-electron chi connectivity index (χ3n) is 2.97. The van der Waals surface area contributed by atoms with Crippen molar-refractivity contribution < 1.29 is 17.9 Å². The topological polar surface area (TPSA) is 75.7 Å². The quantitative estimate of drug-likeness (QED) is 0.665. The van der Waals surface area contributed by atoms with Gasteiger partial charge in [0.2, 0.25) is 10.0 Å². The standard InChI is InChI=1S/C8H14N2O4S/c1-15(12,13)10-4-2-8(3-5-10)6-9-7(11)14-8/h2-6H2,1H3,(H,9,11). The molecule has 6 nitrogen and oxygen atoms in total. The summed E-state index contributed by atoms with van der Waals surface area (Å²) in [6.45, 7) is 1.34. The Bertz CT molecular complexity index is 370. The highest BCUT2D eigenvalue weighted by atomic mass is 32.2. The summed E-state index contributed by atoms with van der Waals surface area (Å²) < 4.78 is 29.1. The number of carbonyl (C=O) groups is 1. The molecule has 2 aliphatic heterocycles. The van der Waals surface area contributed by atoms with E-state index >= 15 is 0 Å². The second-order valence-electron chi connectivity index (χ2n) is 4.09. The normalized spacial score (nSPS) is 26.3. The highest BCUT2D eigenvalue weighted by Crippen LogP contribution is 2.29. The van der Waals surface area contributed by atoms with E-state index in [-0.39, 0.29) is 0 Å². The molecule has 2 saturated heterocycles. The number of hydrogen-bond donors (Lipinski definition) is 1. The predicted molar refractivity (Wildman–Crippen MR) is 52.9 cm³/mol. The molecule has 0 aliphatic carbocycles. The van der Waals surface area contributed by atoms with Crippen molar-refractivity contribution in [3.05, 3.63) is 0 Å². The van der Waals surface area contributed by atoms with Crippen LogP contribution < -0.4 is 5.32 Å². The molecular formula is C8H14N2O4S. The molecule has 7 heteroatoms. The molecule has 0 radical (unpaired) electrons. The molecule has 2 aliphatic rings. The largest absolute Gasteiger partial charge is 0.441 e. The molecule has 1 amide bonds. The van der Waals surface area contributed by atoms with Crippen molar-refractivity contribution in [3.63, 3.8) is 0 Å². The average molecular weight is 234 g/mol. The predicted octanol–water partition coefficient (Wildman–Crippen LogP) is -0.480. The van der Waals surface area contributed by atoms with Crippen LogP contribution in [-0.2, 0) is 14.8 Å². The molecule has 0 saturated carbocycles. The fraction of sp³-hybridized carbons (Fsp3) is 0.875. The Balaban J connectivity index is 2.01. The van der Waals surface area contributed by atoms with Crippen LogP contribution in [0.25, 0.3) is 0 Å². The van der Waals surface area contributed by atoms with Gasteiger partial charge >= 0.3 is 6.09 Å². The van der Waals surface area contributed by atoms with Crippen LogP contribution in [0.15, 0.2) is 0 Å². The first-order chi connectivity index (χ1) is 6.91. The van der Waals surface area contributed by atoms with Crippen LogP contribution in [-0.4, -0.2) is 50.3 Å². The van der Waals surface area contributed by atoms with E-state index in [0.29, 0.717) is 32.5 Å². The van der Waals surface area contributed by atoms with E-state index < -0.39 is 21.7 Å². The number of carbonyl (C=O) groups excluding carboxylic acids is 1. The lowest BCUT2D eigenvalue weighted by atomic mass is 9.93. The van der Waals surface area contributed by atoms with Gasteiger partial charge in [0.05, 0.1) is 12.8 Å². The average Bonchev–Trinajstić information content (AvgIpc) is 2.47. The van der Waals surface area contributed by atoms with Crippen LogP contribution >= 0.6 is 0 Å². The molecule has 2 fully saturated rings. The van der Waals surface area contributed by atoms with Gasteiger partial charge in [-0.2, -0.15) is 0 Å². The molecule has 2 heterocycles. The Labute approximate surface area is 88.6 Å². The van der Waals surface area contributed by atoms with Gasteiger partial charge in [0.25, 0.3) is 0 Å². The minimum Gasteiger partial charge on any atom is -0.441 e. The van der Waals surface area contributed by atoms with Gasteiger partial charge < -0.3 is 10.1 Å². The van der Waals surface area contributed by atoms with E-state index in [9.17, 15) is 13.2 Å². The van der Waals surface area contributed by atoms with Crippen molar-refractivity contribution in [1.82, 2.24) is 9.62 Å². The van der Waals surface area contributed by atoms with Crippen molar-refractivity contribution in [1.29, 1.82) is 0 Å². The Morgan fingerprint density at radius 1 is 1.40 bits per heavy atom. The molecule has 15 heavy (non-hydrogen) atoms. The first-order valence-electron chi connectivity index (χ1n) is 4.83. The highest BCUT2D eigenvalue weighted by Gasteiger charge is 2.44. The van der Waals surface area contributed by atoms with Gasteiger partial charge in [0.15, 0.2) is 0 Å².